The van der Waals surface area contributed by atoms with Gasteiger partial charge >= 0.3 is 0 Å². The summed E-state index contributed by atoms with van der Waals surface area (Å²) in [6.45, 7) is 2.72. The molecular formula is C13H21N3O3. The number of nitrogens with one attached hydrogen (secondary N) is 1. The van der Waals surface area contributed by atoms with Gasteiger partial charge in [0.2, 0.25) is 5.91 Å². The second-order valence-electron chi connectivity index (χ2n) is 4.65. The lowest BCUT2D eigenvalue weighted by Crippen LogP contribution is -2.32. The first-order chi connectivity index (χ1) is 9.34. The van der Waals surface area contributed by atoms with Gasteiger partial charge in [0.1, 0.15) is 6.61 Å². The van der Waals surface area contributed by atoms with Crippen molar-refractivity contribution >= 4 is 5.91 Å². The SMILES string of the molecule is O=C(COC[C@@H]1CCCCO1)NCCn1ccnc1. The predicted octanol–water partition coefficient (Wildman–Crippen LogP) is 0.585. The zero-order valence-electron chi connectivity index (χ0n) is 11.1. The Kier molecular flexibility index (Phi) is 5.84. The van der Waals surface area contributed by atoms with Crippen LogP contribution in [0.2, 0.25) is 0 Å². The molecule has 1 aliphatic heterocycles. The summed E-state index contributed by atoms with van der Waals surface area (Å²) in [5, 5.41) is 2.81. The normalized spacial score (nSPS) is 19.3. The molecule has 2 rings (SSSR count). The minimum atomic E-state index is -0.0871. The Morgan fingerprint density at radius 3 is 3.21 bits per heavy atom. The van der Waals surface area contributed by atoms with Gasteiger partial charge in [-0.25, -0.2) is 4.98 Å². The van der Waals surface area contributed by atoms with Crippen LogP contribution in [0.4, 0.5) is 0 Å². The van der Waals surface area contributed by atoms with E-state index in [4.69, 9.17) is 9.47 Å². The average molecular weight is 267 g/mol. The Hall–Kier alpha value is -1.40. The molecular weight excluding hydrogens is 246 g/mol. The van der Waals surface area contributed by atoms with Gasteiger partial charge in [-0.1, -0.05) is 0 Å². The zero-order chi connectivity index (χ0) is 13.3. The fourth-order valence-electron chi connectivity index (χ4n) is 2.02. The largest absolute Gasteiger partial charge is 0.376 e. The molecule has 0 aromatic carbocycles. The van der Waals surface area contributed by atoms with Gasteiger partial charge in [-0.2, -0.15) is 0 Å². The van der Waals surface area contributed by atoms with E-state index in [2.05, 4.69) is 10.3 Å². The molecule has 6 nitrogen and oxygen atoms in total. The molecule has 1 N–H and O–H groups in total. The standard InChI is InChI=1S/C13H21N3O3/c17-13(15-5-7-16-6-4-14-11-16)10-18-9-12-3-1-2-8-19-12/h4,6,11-12H,1-3,5,7-10H2,(H,15,17)/t12-/m0/s1. The van der Waals surface area contributed by atoms with Crippen LogP contribution in [0.3, 0.4) is 0 Å². The van der Waals surface area contributed by atoms with E-state index in [0.717, 1.165) is 26.0 Å². The van der Waals surface area contributed by atoms with Crippen LogP contribution in [0.1, 0.15) is 19.3 Å². The van der Waals surface area contributed by atoms with Crippen LogP contribution >= 0.6 is 0 Å². The maximum absolute atomic E-state index is 11.5. The second-order valence-corrected chi connectivity index (χ2v) is 4.65. The highest BCUT2D eigenvalue weighted by molar-refractivity contribution is 5.77. The van der Waals surface area contributed by atoms with Crippen molar-refractivity contribution in [2.45, 2.75) is 31.9 Å². The summed E-state index contributed by atoms with van der Waals surface area (Å²) in [5.41, 5.74) is 0. The van der Waals surface area contributed by atoms with Crippen LogP contribution < -0.4 is 5.32 Å². The van der Waals surface area contributed by atoms with E-state index in [-0.39, 0.29) is 18.6 Å². The Morgan fingerprint density at radius 1 is 1.53 bits per heavy atom. The summed E-state index contributed by atoms with van der Waals surface area (Å²) in [5.74, 6) is -0.0871. The first-order valence-corrected chi connectivity index (χ1v) is 6.76. The Bertz CT molecular complexity index is 361. The first-order valence-electron chi connectivity index (χ1n) is 6.76. The monoisotopic (exact) mass is 267 g/mol. The average Bonchev–Trinajstić information content (AvgIpc) is 2.93. The van der Waals surface area contributed by atoms with Crippen molar-refractivity contribution in [3.8, 4) is 0 Å². The molecule has 0 radical (unpaired) electrons. The van der Waals surface area contributed by atoms with E-state index in [0.29, 0.717) is 13.2 Å². The van der Waals surface area contributed by atoms with Gasteiger partial charge in [-0.3, -0.25) is 4.79 Å². The molecule has 1 aromatic rings. The third-order valence-electron chi connectivity index (χ3n) is 3.06. The van der Waals surface area contributed by atoms with Crippen LogP contribution in [0.25, 0.3) is 0 Å². The molecule has 0 spiro atoms. The highest BCUT2D eigenvalue weighted by atomic mass is 16.5. The van der Waals surface area contributed by atoms with Gasteiger partial charge in [0, 0.05) is 32.1 Å². The summed E-state index contributed by atoms with van der Waals surface area (Å²) in [4.78, 5) is 15.4. The summed E-state index contributed by atoms with van der Waals surface area (Å²) in [6, 6.07) is 0. The molecule has 6 heteroatoms. The van der Waals surface area contributed by atoms with Crippen molar-refractivity contribution in [2.75, 3.05) is 26.4 Å². The molecule has 2 heterocycles. The van der Waals surface area contributed by atoms with Crippen LogP contribution in [0, 0.1) is 0 Å². The molecule has 19 heavy (non-hydrogen) atoms. The van der Waals surface area contributed by atoms with E-state index in [1.807, 2.05) is 10.8 Å². The summed E-state index contributed by atoms with van der Waals surface area (Å²) in [6.07, 6.45) is 8.81. The van der Waals surface area contributed by atoms with E-state index >= 15 is 0 Å². The number of nitrogens with zero attached hydrogens (tertiary/aromatic N) is 2. The number of hydrogen-bond acceptors (Lipinski definition) is 4. The minimum absolute atomic E-state index is 0.0871. The lowest BCUT2D eigenvalue weighted by atomic mass is 10.1. The van der Waals surface area contributed by atoms with Gasteiger partial charge in [-0.05, 0) is 19.3 Å². The van der Waals surface area contributed by atoms with E-state index in [1.165, 1.54) is 6.42 Å². The lowest BCUT2D eigenvalue weighted by molar-refractivity contribution is -0.127. The van der Waals surface area contributed by atoms with Crippen LogP contribution in [0.5, 0.6) is 0 Å². The third kappa shape index (κ3) is 5.40. The molecule has 0 aliphatic carbocycles. The first kappa shape index (κ1) is 14.0. The summed E-state index contributed by atoms with van der Waals surface area (Å²) < 4.78 is 12.8. The number of carbonyl (C=O) groups excluding carboxylic acids is 1. The number of imidazole rings is 1. The summed E-state index contributed by atoms with van der Waals surface area (Å²) in [7, 11) is 0. The number of hydrogen-bond donors (Lipinski definition) is 1. The Labute approximate surface area is 113 Å². The smallest absolute Gasteiger partial charge is 0.246 e. The topological polar surface area (TPSA) is 65.4 Å². The molecule has 1 aliphatic rings. The number of carbonyl (C=O) groups is 1. The molecule has 0 saturated carbocycles. The van der Waals surface area contributed by atoms with Crippen molar-refractivity contribution in [1.82, 2.24) is 14.9 Å². The molecule has 1 amide bonds. The van der Waals surface area contributed by atoms with Gasteiger partial charge in [0.15, 0.2) is 0 Å². The fraction of sp³-hybridized carbons (Fsp3) is 0.692. The van der Waals surface area contributed by atoms with E-state index in [1.54, 1.807) is 12.5 Å². The molecule has 1 fully saturated rings. The third-order valence-corrected chi connectivity index (χ3v) is 3.06. The van der Waals surface area contributed by atoms with Crippen molar-refractivity contribution in [1.29, 1.82) is 0 Å². The quantitative estimate of drug-likeness (QED) is 0.785. The highest BCUT2D eigenvalue weighted by Crippen LogP contribution is 2.12. The molecule has 106 valence electrons. The molecule has 0 unspecified atom stereocenters. The molecule has 1 atom stereocenters. The second kappa shape index (κ2) is 7.91. The maximum atomic E-state index is 11.5. The van der Waals surface area contributed by atoms with Crippen LogP contribution in [-0.4, -0.2) is 47.9 Å². The molecule has 0 bridgehead atoms. The van der Waals surface area contributed by atoms with Crippen molar-refractivity contribution in [3.05, 3.63) is 18.7 Å². The lowest BCUT2D eigenvalue weighted by Gasteiger charge is -2.22. The van der Waals surface area contributed by atoms with Crippen LogP contribution in [0.15, 0.2) is 18.7 Å². The highest BCUT2D eigenvalue weighted by Gasteiger charge is 2.14. The number of aromatic nitrogens is 2. The van der Waals surface area contributed by atoms with Gasteiger partial charge in [-0.15, -0.1) is 0 Å². The predicted molar refractivity (Wildman–Crippen MR) is 69.6 cm³/mol. The molecule has 1 aromatic heterocycles. The fourth-order valence-corrected chi connectivity index (χ4v) is 2.02. The number of ether oxygens (including phenoxy) is 2. The van der Waals surface area contributed by atoms with Crippen molar-refractivity contribution in [2.24, 2.45) is 0 Å². The van der Waals surface area contributed by atoms with Gasteiger partial charge in [0.25, 0.3) is 0 Å². The number of rotatable bonds is 7. The maximum Gasteiger partial charge on any atom is 0.246 e. The van der Waals surface area contributed by atoms with E-state index in [9.17, 15) is 4.79 Å². The number of amides is 1. The van der Waals surface area contributed by atoms with Crippen molar-refractivity contribution < 1.29 is 14.3 Å². The molecule has 1 saturated heterocycles. The van der Waals surface area contributed by atoms with E-state index < -0.39 is 0 Å². The minimum Gasteiger partial charge on any atom is -0.376 e. The van der Waals surface area contributed by atoms with Crippen LogP contribution in [-0.2, 0) is 20.8 Å². The Balaban J connectivity index is 1.49. The zero-order valence-corrected chi connectivity index (χ0v) is 11.1. The van der Waals surface area contributed by atoms with Crippen molar-refractivity contribution in [3.63, 3.8) is 0 Å². The van der Waals surface area contributed by atoms with Gasteiger partial charge < -0.3 is 19.4 Å². The van der Waals surface area contributed by atoms with Gasteiger partial charge in [0.05, 0.1) is 19.0 Å². The Morgan fingerprint density at radius 2 is 2.47 bits per heavy atom. The summed E-state index contributed by atoms with van der Waals surface area (Å²) >= 11 is 0.